The van der Waals surface area contributed by atoms with E-state index < -0.39 is 6.03 Å². The Morgan fingerprint density at radius 2 is 1.91 bits per heavy atom. The Labute approximate surface area is 149 Å². The predicted octanol–water partition coefficient (Wildman–Crippen LogP) is 3.15. The summed E-state index contributed by atoms with van der Waals surface area (Å²) in [7, 11) is 0. The molecule has 1 fully saturated rings. The number of imide groups is 1. The summed E-state index contributed by atoms with van der Waals surface area (Å²) in [6.45, 7) is 4.20. The number of hydrogen-bond donors (Lipinski definition) is 2. The number of thioether (sulfide) groups is 2. The smallest absolute Gasteiger partial charge is 0.321 e. The van der Waals surface area contributed by atoms with Crippen molar-refractivity contribution in [2.75, 3.05) is 11.5 Å². The van der Waals surface area contributed by atoms with Crippen LogP contribution in [-0.4, -0.2) is 39.7 Å². The second-order valence-corrected chi connectivity index (χ2v) is 9.16. The summed E-state index contributed by atoms with van der Waals surface area (Å²) in [4.78, 5) is 23.7. The Kier molecular flexibility index (Phi) is 7.64. The molecule has 0 radical (unpaired) electrons. The highest BCUT2D eigenvalue weighted by atomic mass is 32.2. The van der Waals surface area contributed by atoms with Gasteiger partial charge in [0.05, 0.1) is 5.75 Å². The summed E-state index contributed by atoms with van der Waals surface area (Å²) >= 11 is 4.40. The molecule has 2 rings (SSSR count). The van der Waals surface area contributed by atoms with Crippen LogP contribution in [0.2, 0.25) is 0 Å². The Bertz CT molecular complexity index is 538. The van der Waals surface area contributed by atoms with E-state index >= 15 is 0 Å². The maximum absolute atomic E-state index is 11.9. The van der Waals surface area contributed by atoms with Gasteiger partial charge in [0.2, 0.25) is 5.91 Å². The number of nitrogens with zero attached hydrogens (tertiary/aromatic N) is 2. The molecule has 1 aliphatic carbocycles. The summed E-state index contributed by atoms with van der Waals surface area (Å²) in [5.41, 5.74) is 0. The van der Waals surface area contributed by atoms with Crippen molar-refractivity contribution in [1.82, 2.24) is 20.8 Å². The normalized spacial score (nSPS) is 21.0. The number of rotatable bonds is 6. The van der Waals surface area contributed by atoms with Gasteiger partial charge in [0.15, 0.2) is 8.68 Å². The van der Waals surface area contributed by atoms with Gasteiger partial charge in [-0.15, -0.1) is 10.2 Å². The van der Waals surface area contributed by atoms with Crippen molar-refractivity contribution in [3.63, 3.8) is 0 Å². The number of amides is 3. The topological polar surface area (TPSA) is 84.0 Å². The molecule has 9 heteroatoms. The van der Waals surface area contributed by atoms with E-state index in [1.807, 2.05) is 0 Å². The summed E-state index contributed by atoms with van der Waals surface area (Å²) in [6.07, 6.45) is 4.47. The van der Waals surface area contributed by atoms with E-state index in [-0.39, 0.29) is 17.7 Å². The summed E-state index contributed by atoms with van der Waals surface area (Å²) in [6, 6.07) is -0.227. The van der Waals surface area contributed by atoms with E-state index in [1.54, 1.807) is 11.8 Å². The lowest BCUT2D eigenvalue weighted by Gasteiger charge is -2.29. The third-order valence-corrected chi connectivity index (χ3v) is 6.74. The Morgan fingerprint density at radius 3 is 2.61 bits per heavy atom. The van der Waals surface area contributed by atoms with E-state index in [9.17, 15) is 9.59 Å². The molecule has 1 saturated carbocycles. The van der Waals surface area contributed by atoms with Gasteiger partial charge in [-0.3, -0.25) is 10.1 Å². The van der Waals surface area contributed by atoms with Crippen LogP contribution in [0.4, 0.5) is 4.79 Å². The van der Waals surface area contributed by atoms with Gasteiger partial charge in [-0.05, 0) is 24.5 Å². The van der Waals surface area contributed by atoms with E-state index in [1.165, 1.54) is 29.5 Å². The molecular formula is C14H22N4O2S3. The van der Waals surface area contributed by atoms with Crippen LogP contribution in [-0.2, 0) is 4.79 Å². The second-order valence-electron chi connectivity index (χ2n) is 5.45. The molecule has 3 amide bonds. The van der Waals surface area contributed by atoms with Crippen molar-refractivity contribution in [3.8, 4) is 0 Å². The van der Waals surface area contributed by atoms with Crippen molar-refractivity contribution in [2.24, 2.45) is 5.92 Å². The average Bonchev–Trinajstić information content (AvgIpc) is 2.96. The fraction of sp³-hybridized carbons (Fsp3) is 0.714. The SMILES string of the molecule is CCSc1nnc(SCC(=O)NC(=O)N[C@@H]2CCCC[C@H]2C)s1. The van der Waals surface area contributed by atoms with E-state index in [2.05, 4.69) is 34.7 Å². The number of urea groups is 1. The molecule has 2 atom stereocenters. The molecule has 1 aliphatic rings. The van der Waals surface area contributed by atoms with Crippen LogP contribution >= 0.6 is 34.9 Å². The second kappa shape index (κ2) is 9.48. The van der Waals surface area contributed by atoms with Crippen molar-refractivity contribution in [1.29, 1.82) is 0 Å². The van der Waals surface area contributed by atoms with Gasteiger partial charge in [0.1, 0.15) is 0 Å². The molecule has 1 aromatic rings. The summed E-state index contributed by atoms with van der Waals surface area (Å²) in [5, 5.41) is 13.4. The third kappa shape index (κ3) is 6.31. The molecule has 0 saturated heterocycles. The number of nitrogens with one attached hydrogen (secondary N) is 2. The number of carbonyl (C=O) groups excluding carboxylic acids is 2. The van der Waals surface area contributed by atoms with Gasteiger partial charge >= 0.3 is 6.03 Å². The predicted molar refractivity (Wildman–Crippen MR) is 95.1 cm³/mol. The van der Waals surface area contributed by atoms with Gasteiger partial charge in [-0.1, -0.05) is 61.5 Å². The summed E-state index contributed by atoms with van der Waals surface area (Å²) < 4.78 is 1.65. The molecule has 0 spiro atoms. The molecule has 2 N–H and O–H groups in total. The van der Waals surface area contributed by atoms with E-state index in [4.69, 9.17) is 0 Å². The highest BCUT2D eigenvalue weighted by Crippen LogP contribution is 2.28. The molecule has 0 aliphatic heterocycles. The van der Waals surface area contributed by atoms with Gasteiger partial charge < -0.3 is 5.32 Å². The molecule has 0 bridgehead atoms. The molecule has 1 heterocycles. The zero-order chi connectivity index (χ0) is 16.7. The minimum Gasteiger partial charge on any atom is -0.335 e. The first kappa shape index (κ1) is 18.5. The largest absolute Gasteiger partial charge is 0.335 e. The Balaban J connectivity index is 1.70. The van der Waals surface area contributed by atoms with E-state index in [0.29, 0.717) is 5.92 Å². The van der Waals surface area contributed by atoms with Crippen LogP contribution < -0.4 is 10.6 Å². The lowest BCUT2D eigenvalue weighted by Crippen LogP contribution is -2.48. The van der Waals surface area contributed by atoms with Crippen LogP contribution in [0, 0.1) is 5.92 Å². The zero-order valence-corrected chi connectivity index (χ0v) is 15.8. The van der Waals surface area contributed by atoms with Crippen LogP contribution in [0.15, 0.2) is 8.68 Å². The van der Waals surface area contributed by atoms with Gasteiger partial charge in [0, 0.05) is 6.04 Å². The Morgan fingerprint density at radius 1 is 1.22 bits per heavy atom. The number of hydrogen-bond acceptors (Lipinski definition) is 7. The molecule has 0 unspecified atom stereocenters. The maximum Gasteiger partial charge on any atom is 0.321 e. The van der Waals surface area contributed by atoms with E-state index in [0.717, 1.165) is 33.7 Å². The van der Waals surface area contributed by atoms with Crippen LogP contribution in [0.1, 0.15) is 39.5 Å². The first-order valence-electron chi connectivity index (χ1n) is 7.78. The number of carbonyl (C=O) groups is 2. The molecule has 23 heavy (non-hydrogen) atoms. The maximum atomic E-state index is 11.9. The monoisotopic (exact) mass is 374 g/mol. The molecule has 1 aromatic heterocycles. The van der Waals surface area contributed by atoms with Crippen LogP contribution in [0.25, 0.3) is 0 Å². The first-order chi connectivity index (χ1) is 11.1. The molecule has 6 nitrogen and oxygen atoms in total. The van der Waals surface area contributed by atoms with Crippen LogP contribution in [0.5, 0.6) is 0 Å². The minimum atomic E-state index is -0.395. The van der Waals surface area contributed by atoms with Gasteiger partial charge in [-0.2, -0.15) is 0 Å². The van der Waals surface area contributed by atoms with Gasteiger partial charge in [0.25, 0.3) is 0 Å². The molecular weight excluding hydrogens is 352 g/mol. The zero-order valence-electron chi connectivity index (χ0n) is 13.3. The molecule has 0 aromatic carbocycles. The first-order valence-corrected chi connectivity index (χ1v) is 10.6. The third-order valence-electron chi connectivity index (χ3n) is 3.66. The summed E-state index contributed by atoms with van der Waals surface area (Å²) in [5.74, 6) is 1.27. The van der Waals surface area contributed by atoms with Crippen molar-refractivity contribution in [2.45, 2.75) is 54.3 Å². The van der Waals surface area contributed by atoms with Crippen LogP contribution in [0.3, 0.4) is 0 Å². The lowest BCUT2D eigenvalue weighted by atomic mass is 9.86. The highest BCUT2D eigenvalue weighted by Gasteiger charge is 2.23. The van der Waals surface area contributed by atoms with Crippen molar-refractivity contribution in [3.05, 3.63) is 0 Å². The number of aromatic nitrogens is 2. The standard InChI is InChI=1S/C14H22N4O2S3/c1-3-21-13-17-18-14(23-13)22-8-11(19)16-12(20)15-10-7-5-4-6-9(10)2/h9-10H,3-8H2,1-2H3,(H2,15,16,19,20)/t9-,10-/m1/s1. The molecule has 128 valence electrons. The van der Waals surface area contributed by atoms with Crippen molar-refractivity contribution < 1.29 is 9.59 Å². The quantitative estimate of drug-likeness (QED) is 0.744. The Hall–Kier alpha value is -0.800. The fourth-order valence-corrected chi connectivity index (χ4v) is 5.18. The fourth-order valence-electron chi connectivity index (χ4n) is 2.46. The lowest BCUT2D eigenvalue weighted by molar-refractivity contribution is -0.117. The minimum absolute atomic E-state index is 0.166. The van der Waals surface area contributed by atoms with Gasteiger partial charge in [-0.25, -0.2) is 4.79 Å². The average molecular weight is 375 g/mol. The highest BCUT2D eigenvalue weighted by molar-refractivity contribution is 8.03. The van der Waals surface area contributed by atoms with Crippen molar-refractivity contribution >= 4 is 46.8 Å².